The fourth-order valence-corrected chi connectivity index (χ4v) is 1.38. The number of hydrogen-bond donors (Lipinski definition) is 1. The third-order valence-electron chi connectivity index (χ3n) is 1.57. The molecule has 1 N–H and O–H groups in total. The lowest BCUT2D eigenvalue weighted by atomic mass is 10.1. The van der Waals surface area contributed by atoms with Crippen LogP contribution in [0.5, 0.6) is 0 Å². The molecule has 0 amide bonds. The zero-order valence-electron chi connectivity index (χ0n) is 6.63. The summed E-state index contributed by atoms with van der Waals surface area (Å²) in [6.07, 6.45) is 2.46. The van der Waals surface area contributed by atoms with E-state index in [2.05, 4.69) is 0 Å². The highest BCUT2D eigenvalue weighted by Crippen LogP contribution is 2.15. The van der Waals surface area contributed by atoms with Gasteiger partial charge < -0.3 is 5.11 Å². The molecule has 0 unspecified atom stereocenters. The van der Waals surface area contributed by atoms with E-state index in [0.717, 1.165) is 10.6 Å². The van der Waals surface area contributed by atoms with Crippen LogP contribution in [0.2, 0.25) is 0 Å². The second-order valence-corrected chi connectivity index (χ2v) is 3.83. The van der Waals surface area contributed by atoms with Gasteiger partial charge in [0.2, 0.25) is 0 Å². The van der Waals surface area contributed by atoms with Crippen molar-refractivity contribution in [2.45, 2.75) is 26.4 Å². The molecule has 0 bridgehead atoms. The number of thiocarbonyl (C=S) groups is 1. The Balaban J connectivity index is 3.81. The summed E-state index contributed by atoms with van der Waals surface area (Å²) in [6.45, 7) is 3.93. The van der Waals surface area contributed by atoms with Gasteiger partial charge in [0.25, 0.3) is 0 Å². The molecule has 0 aromatic carbocycles. The van der Waals surface area contributed by atoms with E-state index in [-0.39, 0.29) is 12.0 Å². The molecule has 0 aliphatic carbocycles. The second-order valence-electron chi connectivity index (χ2n) is 2.29. The van der Waals surface area contributed by atoms with Crippen LogP contribution in [0.15, 0.2) is 0 Å². The first kappa shape index (κ1) is 10.4. The van der Waals surface area contributed by atoms with Gasteiger partial charge in [-0.2, -0.15) is 0 Å². The average Bonchev–Trinajstić information content (AvgIpc) is 2.00. The van der Waals surface area contributed by atoms with Gasteiger partial charge in [-0.05, 0) is 12.7 Å². The van der Waals surface area contributed by atoms with Gasteiger partial charge in [0.1, 0.15) is 0 Å². The second kappa shape index (κ2) is 5.10. The lowest BCUT2D eigenvalue weighted by molar-refractivity contribution is 0.143. The summed E-state index contributed by atoms with van der Waals surface area (Å²) < 4.78 is 0.898. The molecule has 0 fully saturated rings. The highest BCUT2D eigenvalue weighted by molar-refractivity contribution is 8.22. The molecule has 0 aliphatic heterocycles. The van der Waals surface area contributed by atoms with Crippen molar-refractivity contribution in [2.75, 3.05) is 6.26 Å². The summed E-state index contributed by atoms with van der Waals surface area (Å²) in [4.78, 5) is 0. The first-order chi connectivity index (χ1) is 4.63. The van der Waals surface area contributed by atoms with Crippen molar-refractivity contribution in [3.63, 3.8) is 0 Å². The molecule has 2 atom stereocenters. The zero-order chi connectivity index (χ0) is 8.15. The van der Waals surface area contributed by atoms with Gasteiger partial charge in [-0.3, -0.25) is 0 Å². The number of aliphatic hydroxyl groups excluding tert-OH is 1. The third kappa shape index (κ3) is 2.99. The SMILES string of the molecule is CC[C@H](O)[C@H](C)C(=S)SC. The van der Waals surface area contributed by atoms with Crippen molar-refractivity contribution in [2.24, 2.45) is 5.92 Å². The van der Waals surface area contributed by atoms with Crippen molar-refractivity contribution < 1.29 is 5.11 Å². The Hall–Kier alpha value is 0.400. The smallest absolute Gasteiger partial charge is 0.0616 e. The normalized spacial score (nSPS) is 16.4. The van der Waals surface area contributed by atoms with E-state index in [1.165, 1.54) is 0 Å². The van der Waals surface area contributed by atoms with Gasteiger partial charge in [-0.15, -0.1) is 11.8 Å². The maximum atomic E-state index is 9.33. The Morgan fingerprint density at radius 2 is 2.20 bits per heavy atom. The fraction of sp³-hybridized carbons (Fsp3) is 0.857. The van der Waals surface area contributed by atoms with E-state index in [0.29, 0.717) is 0 Å². The Kier molecular flexibility index (Phi) is 5.31. The van der Waals surface area contributed by atoms with E-state index < -0.39 is 0 Å². The van der Waals surface area contributed by atoms with Crippen LogP contribution in [0.1, 0.15) is 20.3 Å². The van der Waals surface area contributed by atoms with Crippen molar-refractivity contribution in [3.05, 3.63) is 0 Å². The monoisotopic (exact) mass is 178 g/mol. The minimum atomic E-state index is -0.264. The lowest BCUT2D eigenvalue weighted by Crippen LogP contribution is -2.21. The van der Waals surface area contributed by atoms with Crippen LogP contribution in [0, 0.1) is 5.92 Å². The summed E-state index contributed by atoms with van der Waals surface area (Å²) in [5.74, 6) is 0.148. The third-order valence-corrected chi connectivity index (χ3v) is 3.21. The Bertz CT molecular complexity index is 114. The van der Waals surface area contributed by atoms with Gasteiger partial charge in [0.15, 0.2) is 0 Å². The van der Waals surface area contributed by atoms with Crippen molar-refractivity contribution >= 4 is 28.2 Å². The largest absolute Gasteiger partial charge is 0.392 e. The van der Waals surface area contributed by atoms with Crippen LogP contribution in [0.25, 0.3) is 0 Å². The maximum absolute atomic E-state index is 9.33. The first-order valence-corrected chi connectivity index (χ1v) is 5.02. The van der Waals surface area contributed by atoms with Gasteiger partial charge in [-0.25, -0.2) is 0 Å². The summed E-state index contributed by atoms with van der Waals surface area (Å²) >= 11 is 6.57. The molecule has 0 rings (SSSR count). The summed E-state index contributed by atoms with van der Waals surface area (Å²) in [5, 5.41) is 9.33. The Morgan fingerprint density at radius 3 is 2.50 bits per heavy atom. The summed E-state index contributed by atoms with van der Waals surface area (Å²) in [6, 6.07) is 0. The van der Waals surface area contributed by atoms with Crippen LogP contribution in [0.3, 0.4) is 0 Å². The molecule has 3 heteroatoms. The molecule has 10 heavy (non-hydrogen) atoms. The van der Waals surface area contributed by atoms with Crippen molar-refractivity contribution in [1.82, 2.24) is 0 Å². The van der Waals surface area contributed by atoms with E-state index in [1.54, 1.807) is 11.8 Å². The number of hydrogen-bond acceptors (Lipinski definition) is 3. The molecule has 0 aromatic rings. The first-order valence-electron chi connectivity index (χ1n) is 3.39. The fourth-order valence-electron chi connectivity index (χ4n) is 0.697. The predicted molar refractivity (Wildman–Crippen MR) is 51.6 cm³/mol. The van der Waals surface area contributed by atoms with E-state index in [9.17, 15) is 5.11 Å². The molecule has 0 spiro atoms. The summed E-state index contributed by atoms with van der Waals surface area (Å²) in [7, 11) is 0. The van der Waals surface area contributed by atoms with Crippen LogP contribution in [0.4, 0.5) is 0 Å². The molecular weight excluding hydrogens is 164 g/mol. The summed E-state index contributed by atoms with van der Waals surface area (Å²) in [5.41, 5.74) is 0. The molecule has 0 radical (unpaired) electrons. The van der Waals surface area contributed by atoms with Gasteiger partial charge in [-0.1, -0.05) is 26.1 Å². The molecule has 0 heterocycles. The van der Waals surface area contributed by atoms with Crippen LogP contribution >= 0.6 is 24.0 Å². The standard InChI is InChI=1S/C7H14OS2/c1-4-6(8)5(2)7(9)10-3/h5-6,8H,4H2,1-3H3/t5-,6-/m0/s1. The minimum absolute atomic E-state index is 0.148. The predicted octanol–water partition coefficient (Wildman–Crippen LogP) is 2.08. The Morgan fingerprint density at radius 1 is 1.70 bits per heavy atom. The molecule has 60 valence electrons. The van der Waals surface area contributed by atoms with Crippen molar-refractivity contribution in [3.8, 4) is 0 Å². The highest BCUT2D eigenvalue weighted by atomic mass is 32.2. The number of thioether (sulfide) groups is 1. The average molecular weight is 178 g/mol. The van der Waals surface area contributed by atoms with Crippen LogP contribution < -0.4 is 0 Å². The lowest BCUT2D eigenvalue weighted by Gasteiger charge is -2.16. The van der Waals surface area contributed by atoms with Gasteiger partial charge >= 0.3 is 0 Å². The number of aliphatic hydroxyl groups is 1. The highest BCUT2D eigenvalue weighted by Gasteiger charge is 2.15. The minimum Gasteiger partial charge on any atom is -0.392 e. The van der Waals surface area contributed by atoms with Crippen molar-refractivity contribution in [1.29, 1.82) is 0 Å². The molecule has 0 saturated heterocycles. The van der Waals surface area contributed by atoms with Crippen LogP contribution in [-0.4, -0.2) is 21.7 Å². The van der Waals surface area contributed by atoms with E-state index in [1.807, 2.05) is 20.1 Å². The molecule has 0 saturated carbocycles. The maximum Gasteiger partial charge on any atom is 0.0616 e. The zero-order valence-corrected chi connectivity index (χ0v) is 8.26. The molecule has 0 aliphatic rings. The van der Waals surface area contributed by atoms with E-state index >= 15 is 0 Å². The topological polar surface area (TPSA) is 20.2 Å². The van der Waals surface area contributed by atoms with Gasteiger partial charge in [0, 0.05) is 5.92 Å². The Labute approximate surface area is 72.2 Å². The molecule has 1 nitrogen and oxygen atoms in total. The van der Waals surface area contributed by atoms with E-state index in [4.69, 9.17) is 12.2 Å². The number of rotatable bonds is 3. The van der Waals surface area contributed by atoms with Gasteiger partial charge in [0.05, 0.1) is 10.3 Å². The molecular formula is C7H14OS2. The van der Waals surface area contributed by atoms with Crippen LogP contribution in [-0.2, 0) is 0 Å². The quantitative estimate of drug-likeness (QED) is 0.668. The molecule has 0 aromatic heterocycles.